The second kappa shape index (κ2) is 17.6. The van der Waals surface area contributed by atoms with Crippen molar-refractivity contribution in [2.75, 3.05) is 0 Å². The van der Waals surface area contributed by atoms with Gasteiger partial charge in [0.05, 0.1) is 0 Å². The molecule has 0 amide bonds. The summed E-state index contributed by atoms with van der Waals surface area (Å²) < 4.78 is 0. The van der Waals surface area contributed by atoms with Gasteiger partial charge in [0.25, 0.3) is 0 Å². The molecule has 21 valence electrons. The van der Waals surface area contributed by atoms with E-state index >= 15 is 0 Å². The van der Waals surface area contributed by atoms with Gasteiger partial charge in [-0.2, -0.15) is 0 Å². The summed E-state index contributed by atoms with van der Waals surface area (Å²) in [6.45, 7) is 0. The van der Waals surface area contributed by atoms with Crippen LogP contribution in [0.25, 0.3) is 0 Å². The Morgan fingerprint density at radius 3 is 1.00 bits per heavy atom. The van der Waals surface area contributed by atoms with E-state index in [0.717, 1.165) is 0 Å². The fourth-order valence-electron chi connectivity index (χ4n) is 0. The fraction of sp³-hybridized carbons (Fsp3) is 0. The van der Waals surface area contributed by atoms with Crippen molar-refractivity contribution in [3.63, 3.8) is 0 Å². The molecule has 4 heavy (non-hydrogen) atoms. The third-order valence-corrected chi connectivity index (χ3v) is 0. The van der Waals surface area contributed by atoms with Crippen LogP contribution in [-0.4, -0.2) is 18.9 Å². The van der Waals surface area contributed by atoms with Crippen LogP contribution in [0.3, 0.4) is 0 Å². The van der Waals surface area contributed by atoms with Gasteiger partial charge in [-0.15, -0.1) is 0 Å². The molecule has 0 aliphatic rings. The van der Waals surface area contributed by atoms with Gasteiger partial charge in [-0.05, 0) is 0 Å². The van der Waals surface area contributed by atoms with E-state index in [2.05, 4.69) is 0 Å². The van der Waals surface area contributed by atoms with Gasteiger partial charge in [0.1, 0.15) is 0 Å². The van der Waals surface area contributed by atoms with Crippen LogP contribution in [0.15, 0.2) is 0 Å². The molecule has 1 radical (unpaired) electrons. The molecule has 0 heterocycles. The number of rotatable bonds is 0. The molecule has 0 rings (SSSR count). The Labute approximate surface area is 79.0 Å². The molecule has 0 aliphatic heterocycles. The van der Waals surface area contributed by atoms with Crippen molar-refractivity contribution in [1.29, 1.82) is 0 Å². The molecular weight excluding hydrogens is 208 g/mol. The van der Waals surface area contributed by atoms with Crippen LogP contribution in [0, 0.1) is 0 Å². The van der Waals surface area contributed by atoms with Crippen molar-refractivity contribution in [2.24, 2.45) is 0 Å². The molecule has 4 heteroatoms. The van der Waals surface area contributed by atoms with Crippen LogP contribution in [0.2, 0.25) is 0 Å². The number of hydrogen-bond acceptors (Lipinski definition) is 0. The SMILES string of the molecule is [LiH].[Ni].[V].[Zr]. The Hall–Kier alpha value is 2.56. The molecule has 0 atom stereocenters. The van der Waals surface area contributed by atoms with E-state index in [9.17, 15) is 0 Å². The molecule has 0 saturated heterocycles. The second-order valence-electron chi connectivity index (χ2n) is 0. The van der Waals surface area contributed by atoms with Gasteiger partial charge in [0, 0.05) is 61.3 Å². The second-order valence-corrected chi connectivity index (χ2v) is 0. The van der Waals surface area contributed by atoms with Crippen LogP contribution in [0.5, 0.6) is 0 Å². The summed E-state index contributed by atoms with van der Waals surface area (Å²) in [4.78, 5) is 0. The fourth-order valence-corrected chi connectivity index (χ4v) is 0. The predicted molar refractivity (Wildman–Crippen MR) is 7.15 cm³/mol. The minimum Gasteiger partial charge on any atom is 0 e. The maximum atomic E-state index is 0. The van der Waals surface area contributed by atoms with Crippen molar-refractivity contribution >= 4 is 18.9 Å². The summed E-state index contributed by atoms with van der Waals surface area (Å²) in [7, 11) is 0. The predicted octanol–water partition coefficient (Wildman–Crippen LogP) is -0.656. The summed E-state index contributed by atoms with van der Waals surface area (Å²) in [6, 6.07) is 0. The van der Waals surface area contributed by atoms with E-state index in [0.29, 0.717) is 0 Å². The average molecular weight is 209 g/mol. The van der Waals surface area contributed by atoms with E-state index in [-0.39, 0.29) is 80.1 Å². The van der Waals surface area contributed by atoms with Gasteiger partial charge >= 0.3 is 18.9 Å². The first-order chi connectivity index (χ1) is 0. The van der Waals surface area contributed by atoms with Gasteiger partial charge in [-0.3, -0.25) is 0 Å². The summed E-state index contributed by atoms with van der Waals surface area (Å²) >= 11 is 0. The Morgan fingerprint density at radius 2 is 1.00 bits per heavy atom. The quantitative estimate of drug-likeness (QED) is 0.464. The topological polar surface area (TPSA) is 0 Å². The van der Waals surface area contributed by atoms with E-state index in [1.165, 1.54) is 0 Å². The zero-order chi connectivity index (χ0) is 0. The Kier molecular flexibility index (Phi) is 137. The van der Waals surface area contributed by atoms with Gasteiger partial charge in [-0.1, -0.05) is 0 Å². The van der Waals surface area contributed by atoms with E-state index < -0.39 is 0 Å². The van der Waals surface area contributed by atoms with Crippen LogP contribution in [-0.2, 0) is 61.3 Å². The van der Waals surface area contributed by atoms with Crippen molar-refractivity contribution < 1.29 is 61.3 Å². The minimum atomic E-state index is 0. The molecule has 0 spiro atoms. The van der Waals surface area contributed by atoms with Crippen molar-refractivity contribution in [3.05, 3.63) is 0 Å². The Morgan fingerprint density at radius 1 is 1.00 bits per heavy atom. The van der Waals surface area contributed by atoms with Gasteiger partial charge in [0.15, 0.2) is 0 Å². The zero-order valence-electron chi connectivity index (χ0n) is 1.26. The number of hydrogen-bond donors (Lipinski definition) is 0. The third kappa shape index (κ3) is 8.82. The molecule has 0 aromatic carbocycles. The summed E-state index contributed by atoms with van der Waals surface area (Å²) in [5, 5.41) is 0. The third-order valence-electron chi connectivity index (χ3n) is 0. The molecule has 0 aromatic heterocycles. The molecule has 0 N–H and O–H groups in total. The molecule has 0 bridgehead atoms. The van der Waals surface area contributed by atoms with Gasteiger partial charge < -0.3 is 0 Å². The van der Waals surface area contributed by atoms with Crippen LogP contribution in [0.4, 0.5) is 0 Å². The first-order valence-electron chi connectivity index (χ1n) is 0. The first-order valence-corrected chi connectivity index (χ1v) is 0. The monoisotopic (exact) mass is 207 g/mol. The smallest absolute Gasteiger partial charge is 0 e. The van der Waals surface area contributed by atoms with E-state index in [4.69, 9.17) is 0 Å². The average Bonchev–Trinajstić information content (AvgIpc) is 0. The molecule has 0 nitrogen and oxygen atoms in total. The molecule has 0 aliphatic carbocycles. The molecule has 0 fully saturated rings. The first kappa shape index (κ1) is 31.0. The Balaban J connectivity index is 0. The van der Waals surface area contributed by atoms with Crippen molar-refractivity contribution in [3.8, 4) is 0 Å². The standard InChI is InChI=1S/Li.Ni.V.Zr.H. The molecule has 0 aromatic rings. The maximum Gasteiger partial charge on any atom is 0 e. The van der Waals surface area contributed by atoms with E-state index in [1.807, 2.05) is 0 Å². The Bertz CT molecular complexity index is 8.00. The van der Waals surface area contributed by atoms with Crippen LogP contribution in [0.1, 0.15) is 0 Å². The van der Waals surface area contributed by atoms with Crippen LogP contribution < -0.4 is 0 Å². The van der Waals surface area contributed by atoms with Gasteiger partial charge in [0.2, 0.25) is 0 Å². The maximum absolute atomic E-state index is 0. The van der Waals surface area contributed by atoms with E-state index in [1.54, 1.807) is 0 Å². The van der Waals surface area contributed by atoms with Crippen LogP contribution >= 0.6 is 0 Å². The van der Waals surface area contributed by atoms with Gasteiger partial charge in [-0.25, -0.2) is 0 Å². The molecular formula is HLiNiVZr. The zero-order valence-corrected chi connectivity index (χ0v) is 6.11. The summed E-state index contributed by atoms with van der Waals surface area (Å²) in [6.07, 6.45) is 0. The van der Waals surface area contributed by atoms with Crippen molar-refractivity contribution in [1.82, 2.24) is 0 Å². The minimum absolute atomic E-state index is 0. The molecule has 0 unspecified atom stereocenters. The largest absolute Gasteiger partial charge is 0 e. The summed E-state index contributed by atoms with van der Waals surface area (Å²) in [5.41, 5.74) is 0. The van der Waals surface area contributed by atoms with Crippen molar-refractivity contribution in [2.45, 2.75) is 0 Å². The normalized spacial score (nSPS) is 0. The molecule has 0 saturated carbocycles. The summed E-state index contributed by atoms with van der Waals surface area (Å²) in [5.74, 6) is 0.